The summed E-state index contributed by atoms with van der Waals surface area (Å²) >= 11 is 0. The number of rotatable bonds is 6. The average molecular weight is 576 g/mol. The van der Waals surface area contributed by atoms with Crippen molar-refractivity contribution in [2.75, 3.05) is 26.7 Å². The van der Waals surface area contributed by atoms with Crippen LogP contribution >= 0.6 is 12.4 Å². The second-order valence-corrected chi connectivity index (χ2v) is 10.3. The van der Waals surface area contributed by atoms with Crippen molar-refractivity contribution < 1.29 is 32.3 Å². The van der Waals surface area contributed by atoms with Crippen molar-refractivity contribution >= 4 is 30.1 Å². The zero-order valence-corrected chi connectivity index (χ0v) is 23.1. The van der Waals surface area contributed by atoms with E-state index < -0.39 is 48.2 Å². The van der Waals surface area contributed by atoms with E-state index in [-0.39, 0.29) is 37.4 Å². The Labute approximate surface area is 232 Å². The van der Waals surface area contributed by atoms with Gasteiger partial charge in [-0.25, -0.2) is 0 Å². The number of hydrogen-bond donors (Lipinski definition) is 3. The highest BCUT2D eigenvalue weighted by atomic mass is 35.5. The van der Waals surface area contributed by atoms with Crippen molar-refractivity contribution in [2.45, 2.75) is 82.0 Å². The zero-order chi connectivity index (χ0) is 27.6. The molecule has 0 bridgehead atoms. The van der Waals surface area contributed by atoms with E-state index in [1.165, 1.54) is 9.80 Å². The SMILES string of the molecule is CN[C@@H](C)C(=O)N[C@H]1CN([C@H](C)C(F)(F)F)CC[C@H]2CC[C@@H](C(=O)N[C@@H]3CCOc4ccccc43)N2C1=O.Cl. The maximum Gasteiger partial charge on any atom is 0.403 e. The monoisotopic (exact) mass is 575 g/mol. The summed E-state index contributed by atoms with van der Waals surface area (Å²) in [6.45, 7) is 2.90. The van der Waals surface area contributed by atoms with E-state index in [0.717, 1.165) is 12.5 Å². The Morgan fingerprint density at radius 2 is 1.77 bits per heavy atom. The van der Waals surface area contributed by atoms with Crippen LogP contribution in [-0.2, 0) is 14.4 Å². The molecule has 0 saturated carbocycles. The van der Waals surface area contributed by atoms with Crippen molar-refractivity contribution in [3.8, 4) is 5.75 Å². The molecule has 3 amide bonds. The Morgan fingerprint density at radius 3 is 2.46 bits per heavy atom. The molecule has 3 aliphatic heterocycles. The first-order valence-electron chi connectivity index (χ1n) is 13.1. The molecule has 2 fully saturated rings. The van der Waals surface area contributed by atoms with Crippen LogP contribution in [-0.4, -0.2) is 90.7 Å². The molecule has 3 heterocycles. The van der Waals surface area contributed by atoms with Crippen molar-refractivity contribution in [2.24, 2.45) is 0 Å². The highest BCUT2D eigenvalue weighted by molar-refractivity contribution is 5.94. The molecule has 6 atom stereocenters. The first-order chi connectivity index (χ1) is 18.0. The summed E-state index contributed by atoms with van der Waals surface area (Å²) in [5, 5.41) is 8.48. The Balaban J connectivity index is 0.00000420. The predicted octanol–water partition coefficient (Wildman–Crippen LogP) is 2.16. The lowest BCUT2D eigenvalue weighted by Gasteiger charge is -2.41. The van der Waals surface area contributed by atoms with Gasteiger partial charge in [-0.2, -0.15) is 13.2 Å². The van der Waals surface area contributed by atoms with Crippen LogP contribution in [0.2, 0.25) is 0 Å². The number of amides is 3. The van der Waals surface area contributed by atoms with Gasteiger partial charge in [0, 0.05) is 31.1 Å². The molecule has 4 rings (SSSR count). The first kappa shape index (κ1) is 31.0. The molecule has 3 N–H and O–H groups in total. The maximum atomic E-state index is 13.8. The number of nitrogens with one attached hydrogen (secondary N) is 3. The van der Waals surface area contributed by atoms with E-state index >= 15 is 0 Å². The summed E-state index contributed by atoms with van der Waals surface area (Å²) in [6, 6.07) is 2.37. The molecule has 9 nitrogen and oxygen atoms in total. The van der Waals surface area contributed by atoms with Crippen LogP contribution in [0.5, 0.6) is 5.75 Å². The molecule has 39 heavy (non-hydrogen) atoms. The zero-order valence-electron chi connectivity index (χ0n) is 22.3. The highest BCUT2D eigenvalue weighted by Crippen LogP contribution is 2.34. The molecule has 1 aromatic rings. The van der Waals surface area contributed by atoms with Gasteiger partial charge in [0.2, 0.25) is 17.7 Å². The lowest BCUT2D eigenvalue weighted by molar-refractivity contribution is -0.182. The number of alkyl halides is 3. The fourth-order valence-electron chi connectivity index (χ4n) is 5.51. The molecule has 2 saturated heterocycles. The van der Waals surface area contributed by atoms with Crippen LogP contribution in [0.1, 0.15) is 51.1 Å². The van der Waals surface area contributed by atoms with Crippen LogP contribution in [0.25, 0.3) is 0 Å². The van der Waals surface area contributed by atoms with Gasteiger partial charge in [0.15, 0.2) is 0 Å². The van der Waals surface area contributed by atoms with Gasteiger partial charge in [-0.05, 0) is 46.2 Å². The number of ether oxygens (including phenoxy) is 1. The minimum Gasteiger partial charge on any atom is -0.493 e. The summed E-state index contributed by atoms with van der Waals surface area (Å²) in [6.07, 6.45) is -2.69. The minimum atomic E-state index is -4.48. The Kier molecular flexibility index (Phi) is 10.1. The maximum absolute atomic E-state index is 13.8. The normalized spacial score (nSPS) is 27.0. The lowest BCUT2D eigenvalue weighted by atomic mass is 10.00. The molecular formula is C26H37ClF3N5O4. The summed E-state index contributed by atoms with van der Waals surface area (Å²) in [4.78, 5) is 42.7. The third-order valence-corrected chi connectivity index (χ3v) is 7.96. The Bertz CT molecular complexity index is 1050. The molecule has 218 valence electrons. The molecule has 0 spiro atoms. The number of likely N-dealkylation sites (N-methyl/N-ethyl adjacent to an activating group) is 1. The third kappa shape index (κ3) is 6.78. The first-order valence-corrected chi connectivity index (χ1v) is 13.1. The lowest BCUT2D eigenvalue weighted by Crippen LogP contribution is -2.63. The number of nitrogens with zero attached hydrogens (tertiary/aromatic N) is 2. The fraction of sp³-hybridized carbons (Fsp3) is 0.654. The van der Waals surface area contributed by atoms with E-state index in [1.807, 2.05) is 24.3 Å². The predicted molar refractivity (Wildman–Crippen MR) is 141 cm³/mol. The summed E-state index contributed by atoms with van der Waals surface area (Å²) in [7, 11) is 1.58. The number of para-hydroxylation sites is 1. The van der Waals surface area contributed by atoms with Crippen LogP contribution in [0, 0.1) is 0 Å². The fourth-order valence-corrected chi connectivity index (χ4v) is 5.51. The van der Waals surface area contributed by atoms with E-state index in [9.17, 15) is 27.6 Å². The Hall–Kier alpha value is -2.57. The number of benzene rings is 1. The minimum absolute atomic E-state index is 0. The van der Waals surface area contributed by atoms with Crippen LogP contribution in [0.3, 0.4) is 0 Å². The summed E-state index contributed by atoms with van der Waals surface area (Å²) < 4.78 is 46.5. The van der Waals surface area contributed by atoms with Crippen molar-refractivity contribution in [1.82, 2.24) is 25.8 Å². The topological polar surface area (TPSA) is 103 Å². The van der Waals surface area contributed by atoms with Gasteiger partial charge in [-0.1, -0.05) is 18.2 Å². The Morgan fingerprint density at radius 1 is 1.05 bits per heavy atom. The summed E-state index contributed by atoms with van der Waals surface area (Å²) in [5.74, 6) is -0.634. The molecule has 0 radical (unpaired) electrons. The molecule has 0 aliphatic carbocycles. The van der Waals surface area contributed by atoms with Crippen LogP contribution in [0.15, 0.2) is 24.3 Å². The molecular weight excluding hydrogens is 539 g/mol. The van der Waals surface area contributed by atoms with E-state index in [2.05, 4.69) is 16.0 Å². The van der Waals surface area contributed by atoms with E-state index in [4.69, 9.17) is 4.74 Å². The second kappa shape index (κ2) is 12.7. The number of fused-ring (bicyclic) bond motifs is 2. The molecule has 1 aromatic carbocycles. The smallest absolute Gasteiger partial charge is 0.403 e. The van der Waals surface area contributed by atoms with Crippen molar-refractivity contribution in [3.05, 3.63) is 29.8 Å². The largest absolute Gasteiger partial charge is 0.493 e. The quantitative estimate of drug-likeness (QED) is 0.480. The van der Waals surface area contributed by atoms with Crippen molar-refractivity contribution in [1.29, 1.82) is 0 Å². The third-order valence-electron chi connectivity index (χ3n) is 7.96. The van der Waals surface area contributed by atoms with Crippen molar-refractivity contribution in [3.63, 3.8) is 0 Å². The number of carbonyl (C=O) groups excluding carboxylic acids is 3. The van der Waals surface area contributed by atoms with Gasteiger partial charge < -0.3 is 25.6 Å². The number of halogens is 4. The van der Waals surface area contributed by atoms with Gasteiger partial charge in [0.25, 0.3) is 0 Å². The van der Waals surface area contributed by atoms with Gasteiger partial charge in [-0.3, -0.25) is 19.3 Å². The van der Waals surface area contributed by atoms with Gasteiger partial charge in [0.1, 0.15) is 23.9 Å². The summed E-state index contributed by atoms with van der Waals surface area (Å²) in [5.41, 5.74) is 0.864. The molecule has 13 heteroatoms. The average Bonchev–Trinajstić information content (AvgIpc) is 3.31. The second-order valence-electron chi connectivity index (χ2n) is 10.3. The highest BCUT2D eigenvalue weighted by Gasteiger charge is 2.48. The van der Waals surface area contributed by atoms with Crippen LogP contribution < -0.4 is 20.7 Å². The van der Waals surface area contributed by atoms with Gasteiger partial charge >= 0.3 is 6.18 Å². The van der Waals surface area contributed by atoms with Gasteiger partial charge in [0.05, 0.1) is 18.7 Å². The number of hydrogen-bond acceptors (Lipinski definition) is 6. The standard InChI is InChI=1S/C26H36F3N5O4.ClH/c1-15(30-3)23(35)32-20-14-33(16(2)26(27,28)29)12-10-17-8-9-21(34(17)25(20)37)24(36)31-19-11-13-38-22-7-5-4-6-18(19)22;/h4-7,15-17,19-21,30H,8-14H2,1-3H3,(H,31,36)(H,32,35);1H/t15-,16+,17+,19+,20-,21-;/m0./s1. The number of carbonyl (C=O) groups is 3. The molecule has 3 aliphatic rings. The van der Waals surface area contributed by atoms with E-state index in [1.54, 1.807) is 14.0 Å². The van der Waals surface area contributed by atoms with Crippen LogP contribution in [0.4, 0.5) is 13.2 Å². The van der Waals surface area contributed by atoms with Gasteiger partial charge in [-0.15, -0.1) is 12.4 Å². The molecule has 0 aromatic heterocycles. The van der Waals surface area contributed by atoms with E-state index in [0.29, 0.717) is 38.0 Å². The molecule has 0 unspecified atom stereocenters.